The molecule has 14 heavy (non-hydrogen) atoms. The molecule has 78 valence electrons. The monoisotopic (exact) mass is 211 g/mol. The van der Waals surface area contributed by atoms with E-state index < -0.39 is 0 Å². The molecule has 0 atom stereocenters. The fraction of sp³-hybridized carbons (Fsp3) is 0.545. The first-order valence-corrected chi connectivity index (χ1v) is 6.05. The maximum absolute atomic E-state index is 11.9. The van der Waals surface area contributed by atoms with Crippen LogP contribution in [0.3, 0.4) is 0 Å². The van der Waals surface area contributed by atoms with E-state index >= 15 is 0 Å². The molecule has 2 nitrogen and oxygen atoms in total. The standard InChI is InChI=1S/C11H17NOS/c1-3-5-7-12(4-2)11(13)10-6-8-14-9-10/h6,8-9H,3-5,7H2,1-2H3. The van der Waals surface area contributed by atoms with Crippen LogP contribution in [0, 0.1) is 0 Å². The SMILES string of the molecule is CCCCN(CC)C(=O)c1ccsc1. The Morgan fingerprint density at radius 1 is 1.50 bits per heavy atom. The lowest BCUT2D eigenvalue weighted by Gasteiger charge is -2.19. The maximum Gasteiger partial charge on any atom is 0.254 e. The summed E-state index contributed by atoms with van der Waals surface area (Å²) in [7, 11) is 0. The molecule has 0 saturated heterocycles. The molecule has 1 aromatic heterocycles. The van der Waals surface area contributed by atoms with Crippen LogP contribution in [0.2, 0.25) is 0 Å². The van der Waals surface area contributed by atoms with Crippen LogP contribution in [0.1, 0.15) is 37.0 Å². The summed E-state index contributed by atoms with van der Waals surface area (Å²) in [6, 6.07) is 1.89. The molecule has 1 rings (SSSR count). The molecule has 3 heteroatoms. The number of rotatable bonds is 5. The van der Waals surface area contributed by atoms with E-state index in [2.05, 4.69) is 6.92 Å². The van der Waals surface area contributed by atoms with Gasteiger partial charge >= 0.3 is 0 Å². The van der Waals surface area contributed by atoms with E-state index in [-0.39, 0.29) is 5.91 Å². The van der Waals surface area contributed by atoms with Crippen LogP contribution in [-0.4, -0.2) is 23.9 Å². The van der Waals surface area contributed by atoms with Crippen molar-refractivity contribution in [2.24, 2.45) is 0 Å². The third-order valence-electron chi connectivity index (χ3n) is 2.22. The Balaban J connectivity index is 2.56. The third-order valence-corrected chi connectivity index (χ3v) is 2.90. The zero-order chi connectivity index (χ0) is 10.4. The van der Waals surface area contributed by atoms with Crippen molar-refractivity contribution in [2.75, 3.05) is 13.1 Å². The maximum atomic E-state index is 11.9. The van der Waals surface area contributed by atoms with Gasteiger partial charge in [-0.15, -0.1) is 0 Å². The van der Waals surface area contributed by atoms with E-state index in [9.17, 15) is 4.79 Å². The van der Waals surface area contributed by atoms with Crippen molar-refractivity contribution in [2.45, 2.75) is 26.7 Å². The largest absolute Gasteiger partial charge is 0.339 e. The Morgan fingerprint density at radius 3 is 2.79 bits per heavy atom. The number of carbonyl (C=O) groups excluding carboxylic acids is 1. The molecule has 0 aliphatic heterocycles. The molecule has 0 aliphatic rings. The van der Waals surface area contributed by atoms with Gasteiger partial charge in [0.25, 0.3) is 5.91 Å². The Kier molecular flexibility index (Phi) is 4.66. The summed E-state index contributed by atoms with van der Waals surface area (Å²) in [5, 5.41) is 3.86. The minimum absolute atomic E-state index is 0.169. The lowest BCUT2D eigenvalue weighted by molar-refractivity contribution is 0.0763. The summed E-state index contributed by atoms with van der Waals surface area (Å²) in [6.07, 6.45) is 2.22. The second-order valence-electron chi connectivity index (χ2n) is 3.25. The molecular formula is C11H17NOS. The molecular weight excluding hydrogens is 194 g/mol. The number of amides is 1. The van der Waals surface area contributed by atoms with Crippen LogP contribution in [0.15, 0.2) is 16.8 Å². The zero-order valence-corrected chi connectivity index (χ0v) is 9.64. The van der Waals surface area contributed by atoms with Gasteiger partial charge in [-0.25, -0.2) is 0 Å². The van der Waals surface area contributed by atoms with Gasteiger partial charge < -0.3 is 4.90 Å². The van der Waals surface area contributed by atoms with E-state index in [1.54, 1.807) is 11.3 Å². The zero-order valence-electron chi connectivity index (χ0n) is 8.82. The van der Waals surface area contributed by atoms with Crippen LogP contribution in [0.4, 0.5) is 0 Å². The predicted molar refractivity (Wildman–Crippen MR) is 60.8 cm³/mol. The van der Waals surface area contributed by atoms with Crippen molar-refractivity contribution in [1.29, 1.82) is 0 Å². The molecule has 1 heterocycles. The molecule has 0 radical (unpaired) electrons. The molecule has 0 bridgehead atoms. The van der Waals surface area contributed by atoms with E-state index in [4.69, 9.17) is 0 Å². The summed E-state index contributed by atoms with van der Waals surface area (Å²) in [5.74, 6) is 0.169. The van der Waals surface area contributed by atoms with Gasteiger partial charge in [0, 0.05) is 18.5 Å². The molecule has 0 aliphatic carbocycles. The van der Waals surface area contributed by atoms with Gasteiger partial charge in [-0.1, -0.05) is 13.3 Å². The van der Waals surface area contributed by atoms with Crippen LogP contribution < -0.4 is 0 Å². The molecule has 0 fully saturated rings. The van der Waals surface area contributed by atoms with Crippen molar-refractivity contribution < 1.29 is 4.79 Å². The minimum atomic E-state index is 0.169. The molecule has 0 aromatic carbocycles. The third kappa shape index (κ3) is 2.84. The van der Waals surface area contributed by atoms with Crippen LogP contribution in [0.25, 0.3) is 0 Å². The highest BCUT2D eigenvalue weighted by molar-refractivity contribution is 7.08. The van der Waals surface area contributed by atoms with E-state index in [1.165, 1.54) is 0 Å². The van der Waals surface area contributed by atoms with Gasteiger partial charge in [-0.2, -0.15) is 11.3 Å². The number of nitrogens with zero attached hydrogens (tertiary/aromatic N) is 1. The second kappa shape index (κ2) is 5.81. The molecule has 0 unspecified atom stereocenters. The van der Waals surface area contributed by atoms with Crippen LogP contribution in [-0.2, 0) is 0 Å². The van der Waals surface area contributed by atoms with E-state index in [0.717, 1.165) is 31.5 Å². The first-order chi connectivity index (χ1) is 6.79. The predicted octanol–water partition coefficient (Wildman–Crippen LogP) is 3.01. The van der Waals surface area contributed by atoms with Gasteiger partial charge in [0.15, 0.2) is 0 Å². The average molecular weight is 211 g/mol. The average Bonchev–Trinajstić information content (AvgIpc) is 2.71. The Bertz CT molecular complexity index is 269. The van der Waals surface area contributed by atoms with Crippen LogP contribution in [0.5, 0.6) is 0 Å². The lowest BCUT2D eigenvalue weighted by atomic mass is 10.2. The van der Waals surface area contributed by atoms with Crippen molar-refractivity contribution in [3.8, 4) is 0 Å². The van der Waals surface area contributed by atoms with Crippen molar-refractivity contribution >= 4 is 17.2 Å². The summed E-state index contributed by atoms with van der Waals surface area (Å²) in [4.78, 5) is 13.8. The van der Waals surface area contributed by atoms with Gasteiger partial charge in [-0.05, 0) is 24.8 Å². The van der Waals surface area contributed by atoms with Crippen LogP contribution >= 0.6 is 11.3 Å². The van der Waals surface area contributed by atoms with Gasteiger partial charge in [-0.3, -0.25) is 4.79 Å². The molecule has 1 aromatic rings. The van der Waals surface area contributed by atoms with Gasteiger partial charge in [0.05, 0.1) is 5.56 Å². The van der Waals surface area contributed by atoms with E-state index in [0.29, 0.717) is 0 Å². The summed E-state index contributed by atoms with van der Waals surface area (Å²) < 4.78 is 0. The molecule has 0 spiro atoms. The normalized spacial score (nSPS) is 10.1. The summed E-state index contributed by atoms with van der Waals surface area (Å²) in [6.45, 7) is 5.85. The number of hydrogen-bond acceptors (Lipinski definition) is 2. The Morgan fingerprint density at radius 2 is 2.29 bits per heavy atom. The number of unbranched alkanes of at least 4 members (excludes halogenated alkanes) is 1. The second-order valence-corrected chi connectivity index (χ2v) is 4.03. The fourth-order valence-corrected chi connectivity index (χ4v) is 1.95. The van der Waals surface area contributed by atoms with Crippen molar-refractivity contribution in [3.63, 3.8) is 0 Å². The van der Waals surface area contributed by atoms with Crippen molar-refractivity contribution in [3.05, 3.63) is 22.4 Å². The number of carbonyl (C=O) groups is 1. The highest BCUT2D eigenvalue weighted by Gasteiger charge is 2.13. The molecule has 0 N–H and O–H groups in total. The van der Waals surface area contributed by atoms with Gasteiger partial charge in [0.1, 0.15) is 0 Å². The summed E-state index contributed by atoms with van der Waals surface area (Å²) in [5.41, 5.74) is 0.827. The molecule has 0 saturated carbocycles. The first kappa shape index (κ1) is 11.2. The van der Waals surface area contributed by atoms with Crippen molar-refractivity contribution in [1.82, 2.24) is 4.90 Å². The Labute approximate surface area is 89.5 Å². The fourth-order valence-electron chi connectivity index (χ4n) is 1.32. The first-order valence-electron chi connectivity index (χ1n) is 5.11. The highest BCUT2D eigenvalue weighted by Crippen LogP contribution is 2.10. The summed E-state index contributed by atoms with van der Waals surface area (Å²) >= 11 is 1.57. The highest BCUT2D eigenvalue weighted by atomic mass is 32.1. The smallest absolute Gasteiger partial charge is 0.254 e. The minimum Gasteiger partial charge on any atom is -0.339 e. The van der Waals surface area contributed by atoms with E-state index in [1.807, 2.05) is 28.7 Å². The van der Waals surface area contributed by atoms with Gasteiger partial charge in [0.2, 0.25) is 0 Å². The Hall–Kier alpha value is -0.830. The number of hydrogen-bond donors (Lipinski definition) is 0. The quantitative estimate of drug-likeness (QED) is 0.733. The number of thiophene rings is 1. The topological polar surface area (TPSA) is 20.3 Å². The lowest BCUT2D eigenvalue weighted by Crippen LogP contribution is -2.31. The molecule has 1 amide bonds.